The van der Waals surface area contributed by atoms with Crippen molar-refractivity contribution < 1.29 is 14.3 Å². The van der Waals surface area contributed by atoms with E-state index in [0.717, 1.165) is 0 Å². The first-order valence-electron chi connectivity index (χ1n) is 5.39. The highest BCUT2D eigenvalue weighted by molar-refractivity contribution is 5.74. The Kier molecular flexibility index (Phi) is 4.35. The van der Waals surface area contributed by atoms with E-state index in [1.807, 2.05) is 24.3 Å². The molecule has 16 heavy (non-hydrogen) atoms. The Morgan fingerprint density at radius 3 is 2.50 bits per heavy atom. The van der Waals surface area contributed by atoms with Gasteiger partial charge >= 0.3 is 5.97 Å². The van der Waals surface area contributed by atoms with Crippen molar-refractivity contribution >= 4 is 5.97 Å². The molecule has 0 bridgehead atoms. The zero-order valence-electron chi connectivity index (χ0n) is 10.2. The first kappa shape index (κ1) is 12.6. The number of hydrogen-bond acceptors (Lipinski definition) is 3. The highest BCUT2D eigenvalue weighted by atomic mass is 16.6. The minimum Gasteiger partial charge on any atom is -0.479 e. The van der Waals surface area contributed by atoms with Gasteiger partial charge < -0.3 is 9.47 Å². The molecular weight excluding hydrogens is 204 g/mol. The second kappa shape index (κ2) is 5.54. The molecule has 0 saturated heterocycles. The highest BCUT2D eigenvalue weighted by Gasteiger charge is 2.14. The molecule has 0 heterocycles. The standard InChI is InChI=1S/C13H18O3/c1-9(2)11-6-5-7-12(8-11)16-10(3)13(14)15-4/h5-10H,1-4H3. The first-order valence-corrected chi connectivity index (χ1v) is 5.39. The van der Waals surface area contributed by atoms with Gasteiger partial charge in [0.2, 0.25) is 0 Å². The van der Waals surface area contributed by atoms with Gasteiger partial charge in [-0.3, -0.25) is 0 Å². The van der Waals surface area contributed by atoms with Gasteiger partial charge in [0.25, 0.3) is 0 Å². The van der Waals surface area contributed by atoms with Crippen LogP contribution in [0.3, 0.4) is 0 Å². The monoisotopic (exact) mass is 222 g/mol. The molecular formula is C13H18O3. The van der Waals surface area contributed by atoms with Gasteiger partial charge in [-0.05, 0) is 30.5 Å². The minimum atomic E-state index is -0.576. The van der Waals surface area contributed by atoms with Crippen LogP contribution in [0.4, 0.5) is 0 Å². The van der Waals surface area contributed by atoms with Crippen LogP contribution in [0, 0.1) is 0 Å². The van der Waals surface area contributed by atoms with Crippen LogP contribution < -0.4 is 4.74 Å². The summed E-state index contributed by atoms with van der Waals surface area (Å²) in [5.74, 6) is 0.774. The summed E-state index contributed by atoms with van der Waals surface area (Å²) in [5, 5.41) is 0. The summed E-state index contributed by atoms with van der Waals surface area (Å²) in [6, 6.07) is 7.75. The molecule has 0 aliphatic heterocycles. The lowest BCUT2D eigenvalue weighted by Crippen LogP contribution is -2.24. The molecule has 0 spiro atoms. The van der Waals surface area contributed by atoms with Gasteiger partial charge in [0.15, 0.2) is 6.10 Å². The first-order chi connectivity index (χ1) is 7.54. The number of ether oxygens (including phenoxy) is 2. The average molecular weight is 222 g/mol. The summed E-state index contributed by atoms with van der Waals surface area (Å²) in [4.78, 5) is 11.2. The molecule has 1 rings (SSSR count). The van der Waals surface area contributed by atoms with E-state index in [1.165, 1.54) is 12.7 Å². The van der Waals surface area contributed by atoms with Crippen LogP contribution in [0.5, 0.6) is 5.75 Å². The van der Waals surface area contributed by atoms with Crippen LogP contribution in [-0.2, 0) is 9.53 Å². The van der Waals surface area contributed by atoms with Crippen LogP contribution >= 0.6 is 0 Å². The predicted molar refractivity (Wildman–Crippen MR) is 62.6 cm³/mol. The normalized spacial score (nSPS) is 12.3. The number of hydrogen-bond donors (Lipinski definition) is 0. The number of methoxy groups -OCH3 is 1. The van der Waals surface area contributed by atoms with Crippen molar-refractivity contribution in [3.05, 3.63) is 29.8 Å². The van der Waals surface area contributed by atoms with E-state index in [1.54, 1.807) is 6.92 Å². The van der Waals surface area contributed by atoms with E-state index in [2.05, 4.69) is 18.6 Å². The topological polar surface area (TPSA) is 35.5 Å². The molecule has 0 N–H and O–H groups in total. The van der Waals surface area contributed by atoms with Crippen LogP contribution in [-0.4, -0.2) is 19.2 Å². The Morgan fingerprint density at radius 1 is 1.25 bits per heavy atom. The molecule has 3 nitrogen and oxygen atoms in total. The molecule has 0 aromatic heterocycles. The summed E-state index contributed by atoms with van der Waals surface area (Å²) in [6.07, 6.45) is -0.576. The van der Waals surface area contributed by atoms with Crippen LogP contribution in [0.15, 0.2) is 24.3 Å². The number of carbonyl (C=O) groups is 1. The van der Waals surface area contributed by atoms with Gasteiger partial charge in [0.1, 0.15) is 5.75 Å². The lowest BCUT2D eigenvalue weighted by molar-refractivity contribution is -0.147. The van der Waals surface area contributed by atoms with Crippen LogP contribution in [0.1, 0.15) is 32.3 Å². The fourth-order valence-electron chi connectivity index (χ4n) is 1.37. The third-order valence-corrected chi connectivity index (χ3v) is 2.37. The van der Waals surface area contributed by atoms with Crippen LogP contribution in [0.25, 0.3) is 0 Å². The molecule has 1 aromatic rings. The van der Waals surface area contributed by atoms with E-state index in [0.29, 0.717) is 11.7 Å². The molecule has 0 aliphatic rings. The highest BCUT2D eigenvalue weighted by Crippen LogP contribution is 2.21. The SMILES string of the molecule is COC(=O)C(C)Oc1cccc(C(C)C)c1. The van der Waals surface area contributed by atoms with Gasteiger partial charge in [0.05, 0.1) is 7.11 Å². The Bertz CT molecular complexity index is 358. The van der Waals surface area contributed by atoms with E-state index < -0.39 is 6.10 Å². The smallest absolute Gasteiger partial charge is 0.346 e. The Balaban J connectivity index is 2.74. The lowest BCUT2D eigenvalue weighted by Gasteiger charge is -2.14. The van der Waals surface area contributed by atoms with Crippen molar-refractivity contribution in [2.75, 3.05) is 7.11 Å². The number of carbonyl (C=O) groups excluding carboxylic acids is 1. The third-order valence-electron chi connectivity index (χ3n) is 2.37. The van der Waals surface area contributed by atoms with Crippen molar-refractivity contribution in [1.82, 2.24) is 0 Å². The Hall–Kier alpha value is -1.51. The zero-order chi connectivity index (χ0) is 12.1. The maximum absolute atomic E-state index is 11.2. The summed E-state index contributed by atoms with van der Waals surface area (Å²) >= 11 is 0. The van der Waals surface area contributed by atoms with Crippen molar-refractivity contribution in [1.29, 1.82) is 0 Å². The number of rotatable bonds is 4. The maximum atomic E-state index is 11.2. The quantitative estimate of drug-likeness (QED) is 0.735. The molecule has 1 atom stereocenters. The summed E-state index contributed by atoms with van der Waals surface area (Å²) in [6.45, 7) is 5.90. The van der Waals surface area contributed by atoms with Crippen molar-refractivity contribution in [2.45, 2.75) is 32.8 Å². The van der Waals surface area contributed by atoms with Crippen molar-refractivity contribution in [2.24, 2.45) is 0 Å². The molecule has 1 aromatic carbocycles. The van der Waals surface area contributed by atoms with E-state index in [9.17, 15) is 4.79 Å². The van der Waals surface area contributed by atoms with E-state index in [4.69, 9.17) is 4.74 Å². The molecule has 3 heteroatoms. The molecule has 0 radical (unpaired) electrons. The lowest BCUT2D eigenvalue weighted by atomic mass is 10.0. The third kappa shape index (κ3) is 3.26. The molecule has 0 fully saturated rings. The number of benzene rings is 1. The second-order valence-electron chi connectivity index (χ2n) is 4.01. The van der Waals surface area contributed by atoms with Gasteiger partial charge in [0, 0.05) is 0 Å². The summed E-state index contributed by atoms with van der Waals surface area (Å²) in [7, 11) is 1.35. The minimum absolute atomic E-state index is 0.366. The van der Waals surface area contributed by atoms with Crippen molar-refractivity contribution in [3.63, 3.8) is 0 Å². The maximum Gasteiger partial charge on any atom is 0.346 e. The summed E-state index contributed by atoms with van der Waals surface area (Å²) < 4.78 is 10.1. The predicted octanol–water partition coefficient (Wildman–Crippen LogP) is 2.75. The van der Waals surface area contributed by atoms with Crippen LogP contribution in [0.2, 0.25) is 0 Å². The van der Waals surface area contributed by atoms with Gasteiger partial charge in [-0.25, -0.2) is 4.79 Å². The fraction of sp³-hybridized carbons (Fsp3) is 0.462. The van der Waals surface area contributed by atoms with E-state index in [-0.39, 0.29) is 5.97 Å². The van der Waals surface area contributed by atoms with E-state index >= 15 is 0 Å². The summed E-state index contributed by atoms with van der Waals surface area (Å²) in [5.41, 5.74) is 1.19. The van der Waals surface area contributed by atoms with Crippen molar-refractivity contribution in [3.8, 4) is 5.75 Å². The van der Waals surface area contributed by atoms with Gasteiger partial charge in [-0.1, -0.05) is 26.0 Å². The zero-order valence-corrected chi connectivity index (χ0v) is 10.2. The van der Waals surface area contributed by atoms with Gasteiger partial charge in [-0.15, -0.1) is 0 Å². The number of esters is 1. The Morgan fingerprint density at radius 2 is 1.94 bits per heavy atom. The second-order valence-corrected chi connectivity index (χ2v) is 4.01. The Labute approximate surface area is 96.4 Å². The molecule has 0 aliphatic carbocycles. The van der Waals surface area contributed by atoms with Gasteiger partial charge in [-0.2, -0.15) is 0 Å². The molecule has 88 valence electrons. The molecule has 1 unspecified atom stereocenters. The largest absolute Gasteiger partial charge is 0.479 e. The molecule has 0 saturated carbocycles. The molecule has 0 amide bonds. The fourth-order valence-corrected chi connectivity index (χ4v) is 1.37. The average Bonchev–Trinajstić information content (AvgIpc) is 2.28.